The smallest absolute Gasteiger partial charge is 0.129 e. The van der Waals surface area contributed by atoms with Gasteiger partial charge < -0.3 is 5.32 Å². The van der Waals surface area contributed by atoms with Gasteiger partial charge in [0, 0.05) is 22.6 Å². The quantitative estimate of drug-likeness (QED) is 0.824. The topological polar surface area (TPSA) is 24.9 Å². The van der Waals surface area contributed by atoms with Crippen molar-refractivity contribution in [2.75, 3.05) is 11.2 Å². The van der Waals surface area contributed by atoms with Crippen molar-refractivity contribution in [1.82, 2.24) is 4.98 Å². The first-order chi connectivity index (χ1) is 7.54. The molecular weight excluding hydrogens is 288 g/mol. The van der Waals surface area contributed by atoms with Crippen LogP contribution in [0.25, 0.3) is 0 Å². The van der Waals surface area contributed by atoms with Gasteiger partial charge in [0.25, 0.3) is 0 Å². The Kier molecular flexibility index (Phi) is 5.56. The fourth-order valence-corrected chi connectivity index (χ4v) is 2.24. The molecule has 4 heteroatoms. The summed E-state index contributed by atoms with van der Waals surface area (Å²) in [4.78, 5) is 4.38. The second-order valence-corrected chi connectivity index (χ2v) is 5.59. The highest BCUT2D eigenvalue weighted by molar-refractivity contribution is 9.10. The molecule has 0 saturated heterocycles. The molecular formula is C12H18BrClN2. The molecule has 0 bridgehead atoms. The minimum absolute atomic E-state index is 0.380. The van der Waals surface area contributed by atoms with Crippen molar-refractivity contribution in [2.24, 2.45) is 5.92 Å². The van der Waals surface area contributed by atoms with Crippen LogP contribution in [0, 0.1) is 12.8 Å². The summed E-state index contributed by atoms with van der Waals surface area (Å²) < 4.78 is 1.01. The Morgan fingerprint density at radius 2 is 2.19 bits per heavy atom. The molecule has 90 valence electrons. The molecule has 0 aliphatic heterocycles. The summed E-state index contributed by atoms with van der Waals surface area (Å²) in [6.45, 7) is 6.44. The lowest BCUT2D eigenvalue weighted by molar-refractivity contribution is 0.511. The number of nitrogens with zero attached hydrogens (tertiary/aromatic N) is 1. The molecule has 0 aliphatic rings. The number of aromatic nitrogens is 1. The van der Waals surface area contributed by atoms with Crippen LogP contribution in [-0.2, 0) is 0 Å². The number of hydrogen-bond donors (Lipinski definition) is 1. The van der Waals surface area contributed by atoms with Gasteiger partial charge in [-0.15, -0.1) is 11.6 Å². The Morgan fingerprint density at radius 3 is 2.69 bits per heavy atom. The maximum absolute atomic E-state index is 5.80. The van der Waals surface area contributed by atoms with Crippen molar-refractivity contribution in [1.29, 1.82) is 0 Å². The lowest BCUT2D eigenvalue weighted by Crippen LogP contribution is -2.27. The van der Waals surface area contributed by atoms with E-state index in [0.29, 0.717) is 17.8 Å². The van der Waals surface area contributed by atoms with Crippen molar-refractivity contribution in [3.8, 4) is 0 Å². The first kappa shape index (κ1) is 13.8. The van der Waals surface area contributed by atoms with E-state index in [1.54, 1.807) is 0 Å². The average Bonchev–Trinajstić information content (AvgIpc) is 2.20. The van der Waals surface area contributed by atoms with E-state index >= 15 is 0 Å². The normalized spacial score (nSPS) is 12.9. The van der Waals surface area contributed by atoms with E-state index in [1.807, 2.05) is 6.20 Å². The number of rotatable bonds is 5. The number of pyridine rings is 1. The summed E-state index contributed by atoms with van der Waals surface area (Å²) in [5.74, 6) is 2.17. The van der Waals surface area contributed by atoms with E-state index in [4.69, 9.17) is 11.6 Å². The Morgan fingerprint density at radius 1 is 1.50 bits per heavy atom. The van der Waals surface area contributed by atoms with E-state index in [-0.39, 0.29) is 0 Å². The monoisotopic (exact) mass is 304 g/mol. The van der Waals surface area contributed by atoms with Gasteiger partial charge in [0.2, 0.25) is 0 Å². The standard InChI is InChI=1S/C12H18BrClN2/c1-8(2)11(4-5-14)16-12-9(3)6-10(13)7-15-12/h6-8,11H,4-5H2,1-3H3,(H,15,16). The van der Waals surface area contributed by atoms with Gasteiger partial charge in [-0.2, -0.15) is 0 Å². The number of hydrogen-bond acceptors (Lipinski definition) is 2. The van der Waals surface area contributed by atoms with Crippen LogP contribution in [0.4, 0.5) is 5.82 Å². The van der Waals surface area contributed by atoms with Crippen LogP contribution >= 0.6 is 27.5 Å². The van der Waals surface area contributed by atoms with Gasteiger partial charge in [-0.05, 0) is 46.8 Å². The van der Waals surface area contributed by atoms with E-state index in [2.05, 4.69) is 53.1 Å². The number of aryl methyl sites for hydroxylation is 1. The molecule has 16 heavy (non-hydrogen) atoms. The molecule has 1 atom stereocenters. The Balaban J connectivity index is 2.77. The molecule has 1 aromatic heterocycles. The zero-order valence-electron chi connectivity index (χ0n) is 9.93. The van der Waals surface area contributed by atoms with Crippen molar-refractivity contribution >= 4 is 33.3 Å². The largest absolute Gasteiger partial charge is 0.367 e. The summed E-state index contributed by atoms with van der Waals surface area (Å²) in [6.07, 6.45) is 2.77. The molecule has 0 radical (unpaired) electrons. The van der Waals surface area contributed by atoms with Gasteiger partial charge in [-0.1, -0.05) is 13.8 Å². The first-order valence-electron chi connectivity index (χ1n) is 5.49. The second kappa shape index (κ2) is 6.45. The van der Waals surface area contributed by atoms with Crippen LogP contribution < -0.4 is 5.32 Å². The van der Waals surface area contributed by atoms with Crippen LogP contribution in [0.15, 0.2) is 16.7 Å². The number of anilines is 1. The molecule has 1 unspecified atom stereocenters. The minimum atomic E-state index is 0.380. The van der Waals surface area contributed by atoms with Crippen LogP contribution in [0.2, 0.25) is 0 Å². The predicted molar refractivity (Wildman–Crippen MR) is 74.3 cm³/mol. The average molecular weight is 306 g/mol. The zero-order valence-corrected chi connectivity index (χ0v) is 12.3. The maximum Gasteiger partial charge on any atom is 0.129 e. The van der Waals surface area contributed by atoms with Gasteiger partial charge in [-0.25, -0.2) is 4.98 Å². The van der Waals surface area contributed by atoms with Gasteiger partial charge in [0.15, 0.2) is 0 Å². The molecule has 2 nitrogen and oxygen atoms in total. The Hall–Kier alpha value is -0.280. The fourth-order valence-electron chi connectivity index (χ4n) is 1.56. The van der Waals surface area contributed by atoms with E-state index < -0.39 is 0 Å². The zero-order chi connectivity index (χ0) is 12.1. The molecule has 0 fully saturated rings. The summed E-state index contributed by atoms with van der Waals surface area (Å²) in [7, 11) is 0. The van der Waals surface area contributed by atoms with Crippen molar-refractivity contribution in [2.45, 2.75) is 33.2 Å². The molecule has 0 spiro atoms. The van der Waals surface area contributed by atoms with Gasteiger partial charge in [-0.3, -0.25) is 0 Å². The lowest BCUT2D eigenvalue weighted by Gasteiger charge is -2.23. The molecule has 1 aromatic rings. The van der Waals surface area contributed by atoms with Crippen LogP contribution in [-0.4, -0.2) is 16.9 Å². The molecule has 1 rings (SSSR count). The third kappa shape index (κ3) is 3.95. The van der Waals surface area contributed by atoms with Crippen molar-refractivity contribution < 1.29 is 0 Å². The van der Waals surface area contributed by atoms with E-state index in [9.17, 15) is 0 Å². The third-order valence-electron chi connectivity index (χ3n) is 2.59. The van der Waals surface area contributed by atoms with Crippen molar-refractivity contribution in [3.63, 3.8) is 0 Å². The molecule has 0 aliphatic carbocycles. The number of nitrogens with one attached hydrogen (secondary N) is 1. The molecule has 1 heterocycles. The first-order valence-corrected chi connectivity index (χ1v) is 6.82. The van der Waals surface area contributed by atoms with Gasteiger partial charge >= 0.3 is 0 Å². The molecule has 0 saturated carbocycles. The number of halogens is 2. The third-order valence-corrected chi connectivity index (χ3v) is 3.24. The summed E-state index contributed by atoms with van der Waals surface area (Å²) in [6, 6.07) is 2.44. The molecule has 0 amide bonds. The van der Waals surface area contributed by atoms with Gasteiger partial charge in [0.05, 0.1) is 0 Å². The molecule has 1 N–H and O–H groups in total. The summed E-state index contributed by atoms with van der Waals surface area (Å²) in [5, 5.41) is 3.46. The van der Waals surface area contributed by atoms with Crippen LogP contribution in [0.3, 0.4) is 0 Å². The van der Waals surface area contributed by atoms with Crippen LogP contribution in [0.1, 0.15) is 25.8 Å². The van der Waals surface area contributed by atoms with Gasteiger partial charge in [0.1, 0.15) is 5.82 Å². The highest BCUT2D eigenvalue weighted by Gasteiger charge is 2.14. The Labute approximate surface area is 111 Å². The summed E-state index contributed by atoms with van der Waals surface area (Å²) >= 11 is 9.21. The maximum atomic E-state index is 5.80. The fraction of sp³-hybridized carbons (Fsp3) is 0.583. The molecule has 0 aromatic carbocycles. The second-order valence-electron chi connectivity index (χ2n) is 4.29. The van der Waals surface area contributed by atoms with Crippen LogP contribution in [0.5, 0.6) is 0 Å². The van der Waals surface area contributed by atoms with E-state index in [1.165, 1.54) is 0 Å². The van der Waals surface area contributed by atoms with Crippen molar-refractivity contribution in [3.05, 3.63) is 22.3 Å². The number of alkyl halides is 1. The highest BCUT2D eigenvalue weighted by atomic mass is 79.9. The minimum Gasteiger partial charge on any atom is -0.367 e. The lowest BCUT2D eigenvalue weighted by atomic mass is 10.0. The SMILES string of the molecule is Cc1cc(Br)cnc1NC(CCCl)C(C)C. The Bertz CT molecular complexity index is 342. The predicted octanol–water partition coefficient (Wildman–Crippen LogP) is 4.22. The van der Waals surface area contributed by atoms with E-state index in [0.717, 1.165) is 22.3 Å². The summed E-state index contributed by atoms with van der Waals surface area (Å²) in [5.41, 5.74) is 1.15. The highest BCUT2D eigenvalue weighted by Crippen LogP contribution is 2.20.